The van der Waals surface area contributed by atoms with Crippen molar-refractivity contribution >= 4 is 17.7 Å². The quantitative estimate of drug-likeness (QED) is 0.427. The molecule has 5 rings (SSSR count). The lowest BCUT2D eigenvalue weighted by molar-refractivity contribution is -0.141. The zero-order valence-corrected chi connectivity index (χ0v) is 24.2. The molecule has 0 saturated carbocycles. The zero-order valence-electron chi connectivity index (χ0n) is 24.2. The van der Waals surface area contributed by atoms with Crippen molar-refractivity contribution in [2.24, 2.45) is 5.92 Å². The molecule has 0 spiro atoms. The van der Waals surface area contributed by atoms with Crippen molar-refractivity contribution in [3.05, 3.63) is 90.0 Å². The van der Waals surface area contributed by atoms with Gasteiger partial charge in [0, 0.05) is 63.6 Å². The third-order valence-electron chi connectivity index (χ3n) is 8.78. The standard InChI is InChI=1S/C34H39N3O4/c1-24(38)36-20-17-29(18-21-36)34(40)37-22-19-32(35(2)33(39)28-13-15-30(41-3)16-14-28)31(23-37)27-11-9-26(10-12-27)25-7-5-4-6-8-25/h4-16,29,31-32H,17-23H2,1-3H3/t31-,32+/m0/s1. The summed E-state index contributed by atoms with van der Waals surface area (Å²) < 4.78 is 5.26. The van der Waals surface area contributed by atoms with Crippen LogP contribution in [-0.2, 0) is 9.59 Å². The minimum absolute atomic E-state index is 0.0259. The number of hydrogen-bond acceptors (Lipinski definition) is 4. The molecule has 7 nitrogen and oxygen atoms in total. The maximum Gasteiger partial charge on any atom is 0.253 e. The van der Waals surface area contributed by atoms with Gasteiger partial charge in [0.1, 0.15) is 5.75 Å². The highest BCUT2D eigenvalue weighted by atomic mass is 16.5. The molecule has 2 heterocycles. The summed E-state index contributed by atoms with van der Waals surface area (Å²) in [4.78, 5) is 44.7. The monoisotopic (exact) mass is 553 g/mol. The fourth-order valence-electron chi connectivity index (χ4n) is 6.27. The van der Waals surface area contributed by atoms with Gasteiger partial charge in [-0.25, -0.2) is 0 Å². The van der Waals surface area contributed by atoms with Crippen molar-refractivity contribution in [3.63, 3.8) is 0 Å². The number of rotatable bonds is 6. The van der Waals surface area contributed by atoms with E-state index in [1.165, 1.54) is 0 Å². The second-order valence-corrected chi connectivity index (χ2v) is 11.2. The van der Waals surface area contributed by atoms with E-state index >= 15 is 0 Å². The molecule has 0 unspecified atom stereocenters. The number of benzene rings is 3. The smallest absolute Gasteiger partial charge is 0.253 e. The molecule has 2 fully saturated rings. The van der Waals surface area contributed by atoms with Gasteiger partial charge in [-0.15, -0.1) is 0 Å². The molecule has 2 aliphatic heterocycles. The minimum atomic E-state index is -0.0677. The van der Waals surface area contributed by atoms with Gasteiger partial charge in [-0.3, -0.25) is 14.4 Å². The van der Waals surface area contributed by atoms with E-state index in [1.807, 2.05) is 39.9 Å². The van der Waals surface area contributed by atoms with Gasteiger partial charge in [0.25, 0.3) is 5.91 Å². The molecular weight excluding hydrogens is 514 g/mol. The number of ether oxygens (including phenoxy) is 1. The molecular formula is C34H39N3O4. The van der Waals surface area contributed by atoms with E-state index in [9.17, 15) is 14.4 Å². The molecule has 7 heteroatoms. The Labute approximate surface area is 242 Å². The van der Waals surface area contributed by atoms with E-state index in [0.29, 0.717) is 56.8 Å². The van der Waals surface area contributed by atoms with Crippen LogP contribution in [0.25, 0.3) is 11.1 Å². The van der Waals surface area contributed by atoms with Gasteiger partial charge in [0.15, 0.2) is 0 Å². The summed E-state index contributed by atoms with van der Waals surface area (Å²) in [5.41, 5.74) is 4.02. The molecule has 3 amide bonds. The molecule has 2 atom stereocenters. The summed E-state index contributed by atoms with van der Waals surface area (Å²) in [5, 5.41) is 0. The maximum absolute atomic E-state index is 13.7. The Balaban J connectivity index is 1.37. The van der Waals surface area contributed by atoms with Gasteiger partial charge in [-0.1, -0.05) is 54.6 Å². The van der Waals surface area contributed by atoms with Crippen LogP contribution in [-0.4, -0.2) is 78.8 Å². The van der Waals surface area contributed by atoms with Crippen molar-refractivity contribution in [1.82, 2.24) is 14.7 Å². The molecule has 0 aromatic heterocycles. The molecule has 0 bridgehead atoms. The van der Waals surface area contributed by atoms with Crippen molar-refractivity contribution in [2.45, 2.75) is 38.1 Å². The van der Waals surface area contributed by atoms with Crippen LogP contribution in [0.4, 0.5) is 0 Å². The summed E-state index contributed by atoms with van der Waals surface area (Å²) >= 11 is 0. The second-order valence-electron chi connectivity index (χ2n) is 11.2. The van der Waals surface area contributed by atoms with E-state index in [-0.39, 0.29) is 35.6 Å². The topological polar surface area (TPSA) is 70.2 Å². The molecule has 41 heavy (non-hydrogen) atoms. The Bertz CT molecular complexity index is 1350. The van der Waals surface area contributed by atoms with Gasteiger partial charge in [-0.2, -0.15) is 0 Å². The molecule has 3 aromatic rings. The Morgan fingerprint density at radius 3 is 2.00 bits per heavy atom. The van der Waals surface area contributed by atoms with Crippen LogP contribution in [0.3, 0.4) is 0 Å². The average Bonchev–Trinajstić information content (AvgIpc) is 3.04. The Kier molecular flexibility index (Phi) is 8.72. The zero-order chi connectivity index (χ0) is 28.9. The highest BCUT2D eigenvalue weighted by Crippen LogP contribution is 2.34. The van der Waals surface area contributed by atoms with Crippen molar-refractivity contribution in [1.29, 1.82) is 0 Å². The summed E-state index contributed by atoms with van der Waals surface area (Å²) in [7, 11) is 3.48. The lowest BCUT2D eigenvalue weighted by Crippen LogP contribution is -2.53. The number of carbonyl (C=O) groups excluding carboxylic acids is 3. The second kappa shape index (κ2) is 12.6. The van der Waals surface area contributed by atoms with Crippen molar-refractivity contribution < 1.29 is 19.1 Å². The normalized spacial score (nSPS) is 19.5. The fourth-order valence-corrected chi connectivity index (χ4v) is 6.27. The Morgan fingerprint density at radius 2 is 1.39 bits per heavy atom. The molecule has 0 radical (unpaired) electrons. The van der Waals surface area contributed by atoms with Crippen molar-refractivity contribution in [3.8, 4) is 16.9 Å². The number of hydrogen-bond donors (Lipinski definition) is 0. The third-order valence-corrected chi connectivity index (χ3v) is 8.78. The van der Waals surface area contributed by atoms with Crippen LogP contribution in [0.5, 0.6) is 5.75 Å². The van der Waals surface area contributed by atoms with Crippen LogP contribution in [0.2, 0.25) is 0 Å². The number of piperidine rings is 2. The highest BCUT2D eigenvalue weighted by molar-refractivity contribution is 5.94. The van der Waals surface area contributed by atoms with E-state index in [1.54, 1.807) is 38.3 Å². The lowest BCUT2D eigenvalue weighted by atomic mass is 9.83. The number of methoxy groups -OCH3 is 1. The SMILES string of the molecule is COc1ccc(C(=O)N(C)[C@@H]2CCN(C(=O)C3CCN(C(C)=O)CC3)C[C@H]2c2ccc(-c3ccccc3)cc2)cc1. The first-order chi connectivity index (χ1) is 19.9. The van der Waals surface area contributed by atoms with Crippen LogP contribution in [0.1, 0.15) is 48.0 Å². The first kappa shape index (κ1) is 28.4. The first-order valence-electron chi connectivity index (χ1n) is 14.5. The highest BCUT2D eigenvalue weighted by Gasteiger charge is 2.39. The largest absolute Gasteiger partial charge is 0.497 e. The predicted molar refractivity (Wildman–Crippen MR) is 160 cm³/mol. The summed E-state index contributed by atoms with van der Waals surface area (Å²) in [6.45, 7) is 4.01. The van der Waals surface area contributed by atoms with Gasteiger partial charge in [0.05, 0.1) is 7.11 Å². The predicted octanol–water partition coefficient (Wildman–Crippen LogP) is 5.08. The Morgan fingerprint density at radius 1 is 0.780 bits per heavy atom. The number of likely N-dealkylation sites (N-methyl/N-ethyl adjacent to an activating group) is 1. The van der Waals surface area contributed by atoms with Crippen LogP contribution in [0.15, 0.2) is 78.9 Å². The van der Waals surface area contributed by atoms with Crippen LogP contribution >= 0.6 is 0 Å². The van der Waals surface area contributed by atoms with E-state index in [2.05, 4.69) is 36.4 Å². The van der Waals surface area contributed by atoms with Crippen LogP contribution in [0, 0.1) is 5.92 Å². The van der Waals surface area contributed by atoms with E-state index in [0.717, 1.165) is 16.7 Å². The van der Waals surface area contributed by atoms with Gasteiger partial charge < -0.3 is 19.4 Å². The molecule has 2 saturated heterocycles. The summed E-state index contributed by atoms with van der Waals surface area (Å²) in [6.07, 6.45) is 2.09. The first-order valence-corrected chi connectivity index (χ1v) is 14.5. The maximum atomic E-state index is 13.7. The summed E-state index contributed by atoms with van der Waals surface area (Å²) in [5.74, 6) is 0.812. The molecule has 0 aliphatic carbocycles. The third kappa shape index (κ3) is 6.29. The number of amides is 3. The lowest BCUT2D eigenvalue weighted by Gasteiger charge is -2.44. The fraction of sp³-hybridized carbons (Fsp3) is 0.382. The number of nitrogens with zero attached hydrogens (tertiary/aromatic N) is 3. The minimum Gasteiger partial charge on any atom is -0.497 e. The molecule has 2 aliphatic rings. The van der Waals surface area contributed by atoms with Gasteiger partial charge in [-0.05, 0) is 60.2 Å². The number of likely N-dealkylation sites (tertiary alicyclic amines) is 2. The summed E-state index contributed by atoms with van der Waals surface area (Å²) in [6, 6.07) is 26.0. The average molecular weight is 554 g/mol. The van der Waals surface area contributed by atoms with Gasteiger partial charge >= 0.3 is 0 Å². The van der Waals surface area contributed by atoms with Crippen molar-refractivity contribution in [2.75, 3.05) is 40.3 Å². The van der Waals surface area contributed by atoms with E-state index < -0.39 is 0 Å². The van der Waals surface area contributed by atoms with E-state index in [4.69, 9.17) is 4.74 Å². The molecule has 214 valence electrons. The van der Waals surface area contributed by atoms with Gasteiger partial charge in [0.2, 0.25) is 11.8 Å². The molecule has 3 aromatic carbocycles. The van der Waals surface area contributed by atoms with Crippen LogP contribution < -0.4 is 4.74 Å². The Hall–Kier alpha value is -4.13. The molecule has 0 N–H and O–H groups in total. The number of carbonyl (C=O) groups is 3.